The second-order valence-corrected chi connectivity index (χ2v) is 4.38. The minimum atomic E-state index is -0.568. The molecule has 0 N–H and O–H groups in total. The van der Waals surface area contributed by atoms with Gasteiger partial charge in [0.1, 0.15) is 11.6 Å². The van der Waals surface area contributed by atoms with Crippen molar-refractivity contribution >= 4 is 5.78 Å². The van der Waals surface area contributed by atoms with Gasteiger partial charge in [0.05, 0.1) is 0 Å². The lowest BCUT2D eigenvalue weighted by Gasteiger charge is -2.12. The first kappa shape index (κ1) is 13.3. The van der Waals surface area contributed by atoms with Crippen molar-refractivity contribution in [3.63, 3.8) is 0 Å². The first-order valence-corrected chi connectivity index (χ1v) is 6.10. The third-order valence-corrected chi connectivity index (χ3v) is 2.91. The normalized spacial score (nSPS) is 11.9. The maximum absolute atomic E-state index is 14.0. The molecule has 1 atom stereocenters. The maximum atomic E-state index is 14.0. The molecule has 0 bridgehead atoms. The fourth-order valence-electron chi connectivity index (χ4n) is 1.71. The lowest BCUT2D eigenvalue weighted by molar-refractivity contribution is -0.122. The predicted octanol–water partition coefficient (Wildman–Crippen LogP) is 3.85. The molecule has 2 aromatic rings. The van der Waals surface area contributed by atoms with Gasteiger partial charge in [-0.1, -0.05) is 30.3 Å². The summed E-state index contributed by atoms with van der Waals surface area (Å²) in [6, 6.07) is 13.9. The van der Waals surface area contributed by atoms with Crippen LogP contribution in [0.3, 0.4) is 0 Å². The van der Waals surface area contributed by atoms with E-state index >= 15 is 0 Å². The second kappa shape index (κ2) is 5.65. The molecule has 2 rings (SSSR count). The van der Waals surface area contributed by atoms with Crippen molar-refractivity contribution in [2.45, 2.75) is 20.0 Å². The van der Waals surface area contributed by atoms with E-state index in [0.29, 0.717) is 11.3 Å². The van der Waals surface area contributed by atoms with Gasteiger partial charge in [0.15, 0.2) is 11.9 Å². The van der Waals surface area contributed by atoms with Gasteiger partial charge in [0.2, 0.25) is 0 Å². The molecule has 0 spiro atoms. The predicted molar refractivity (Wildman–Crippen MR) is 72.6 cm³/mol. The Morgan fingerprint density at radius 3 is 2.42 bits per heavy atom. The molecule has 19 heavy (non-hydrogen) atoms. The fourth-order valence-corrected chi connectivity index (χ4v) is 1.71. The summed E-state index contributed by atoms with van der Waals surface area (Å²) in [7, 11) is 0. The van der Waals surface area contributed by atoms with E-state index in [-0.39, 0.29) is 11.6 Å². The van der Waals surface area contributed by atoms with Crippen LogP contribution in [-0.2, 0) is 4.79 Å². The number of ether oxygens (including phenoxy) is 1. The fraction of sp³-hybridized carbons (Fsp3) is 0.188. The Labute approximate surface area is 111 Å². The number of carbonyl (C=O) groups is 1. The first-order chi connectivity index (χ1) is 9.08. The van der Waals surface area contributed by atoms with Crippen LogP contribution < -0.4 is 4.74 Å². The van der Waals surface area contributed by atoms with E-state index in [9.17, 15) is 9.18 Å². The molecule has 3 heteroatoms. The van der Waals surface area contributed by atoms with Crippen molar-refractivity contribution in [2.24, 2.45) is 0 Å². The Morgan fingerprint density at radius 2 is 1.84 bits per heavy atom. The van der Waals surface area contributed by atoms with Gasteiger partial charge in [-0.3, -0.25) is 4.79 Å². The zero-order valence-corrected chi connectivity index (χ0v) is 10.9. The number of rotatable bonds is 4. The largest absolute Gasteiger partial charge is 0.483 e. The topological polar surface area (TPSA) is 26.3 Å². The molecule has 98 valence electrons. The Bertz CT molecular complexity index is 579. The number of hydrogen-bond acceptors (Lipinski definition) is 2. The summed E-state index contributed by atoms with van der Waals surface area (Å²) in [5.41, 5.74) is 1.33. The monoisotopic (exact) mass is 258 g/mol. The van der Waals surface area contributed by atoms with Gasteiger partial charge in [-0.05, 0) is 31.5 Å². The lowest BCUT2D eigenvalue weighted by atomic mass is 10.1. The van der Waals surface area contributed by atoms with E-state index in [4.69, 9.17) is 4.74 Å². The van der Waals surface area contributed by atoms with Gasteiger partial charge in [0.25, 0.3) is 0 Å². The number of halogens is 1. The molecule has 0 aliphatic heterocycles. The molecule has 1 unspecified atom stereocenters. The van der Waals surface area contributed by atoms with E-state index in [2.05, 4.69) is 0 Å². The van der Waals surface area contributed by atoms with Crippen molar-refractivity contribution in [1.82, 2.24) is 0 Å². The van der Waals surface area contributed by atoms with Crippen LogP contribution in [0.5, 0.6) is 5.75 Å². The third-order valence-electron chi connectivity index (χ3n) is 2.91. The number of ketones is 1. The summed E-state index contributed by atoms with van der Waals surface area (Å²) in [5, 5.41) is 0. The zero-order chi connectivity index (χ0) is 13.8. The van der Waals surface area contributed by atoms with Gasteiger partial charge >= 0.3 is 0 Å². The van der Waals surface area contributed by atoms with E-state index < -0.39 is 6.10 Å². The average molecular weight is 258 g/mol. The van der Waals surface area contributed by atoms with E-state index in [1.54, 1.807) is 19.1 Å². The van der Waals surface area contributed by atoms with Gasteiger partial charge in [-0.15, -0.1) is 0 Å². The van der Waals surface area contributed by atoms with Crippen LogP contribution in [0.4, 0.5) is 4.39 Å². The highest BCUT2D eigenvalue weighted by molar-refractivity contribution is 5.80. The summed E-state index contributed by atoms with van der Waals surface area (Å²) in [4.78, 5) is 11.1. The molecule has 2 aromatic carbocycles. The lowest BCUT2D eigenvalue weighted by Crippen LogP contribution is -2.20. The van der Waals surface area contributed by atoms with E-state index in [1.165, 1.54) is 13.0 Å². The Morgan fingerprint density at radius 1 is 1.16 bits per heavy atom. The van der Waals surface area contributed by atoms with Gasteiger partial charge in [0, 0.05) is 11.6 Å². The summed E-state index contributed by atoms with van der Waals surface area (Å²) in [6.07, 6.45) is -0.568. The summed E-state index contributed by atoms with van der Waals surface area (Å²) >= 11 is 0. The molecule has 0 amide bonds. The molecule has 0 fully saturated rings. The zero-order valence-electron chi connectivity index (χ0n) is 10.9. The number of hydrogen-bond donors (Lipinski definition) is 0. The van der Waals surface area contributed by atoms with Crippen molar-refractivity contribution in [3.05, 3.63) is 54.3 Å². The van der Waals surface area contributed by atoms with Crippen LogP contribution in [0, 0.1) is 5.82 Å². The van der Waals surface area contributed by atoms with E-state index in [0.717, 1.165) is 5.56 Å². The van der Waals surface area contributed by atoms with Crippen LogP contribution in [0.15, 0.2) is 48.5 Å². The molecule has 0 aromatic heterocycles. The van der Waals surface area contributed by atoms with Crippen molar-refractivity contribution < 1.29 is 13.9 Å². The third kappa shape index (κ3) is 3.19. The highest BCUT2D eigenvalue weighted by atomic mass is 19.1. The molecule has 0 saturated carbocycles. The molecule has 0 saturated heterocycles. The molecule has 0 aliphatic carbocycles. The number of benzene rings is 2. The molecule has 0 radical (unpaired) electrons. The van der Waals surface area contributed by atoms with Crippen molar-refractivity contribution in [2.75, 3.05) is 0 Å². The Balaban J connectivity index is 2.25. The highest BCUT2D eigenvalue weighted by Gasteiger charge is 2.11. The Kier molecular flexibility index (Phi) is 3.95. The Hall–Kier alpha value is -2.16. The van der Waals surface area contributed by atoms with Crippen LogP contribution in [0.2, 0.25) is 0 Å². The first-order valence-electron chi connectivity index (χ1n) is 6.10. The summed E-state index contributed by atoms with van der Waals surface area (Å²) in [6.45, 7) is 3.09. The van der Waals surface area contributed by atoms with Crippen LogP contribution in [0.1, 0.15) is 13.8 Å². The molecular formula is C16H15FO2. The van der Waals surface area contributed by atoms with Crippen LogP contribution in [0.25, 0.3) is 11.1 Å². The molecule has 2 nitrogen and oxygen atoms in total. The standard InChI is InChI=1S/C16H15FO2/c1-11(18)12(2)19-14-8-9-15(16(17)10-14)13-6-4-3-5-7-13/h3-10,12H,1-2H3. The number of carbonyl (C=O) groups excluding carboxylic acids is 1. The van der Waals surface area contributed by atoms with Gasteiger partial charge in [-0.25, -0.2) is 4.39 Å². The summed E-state index contributed by atoms with van der Waals surface area (Å²) in [5.74, 6) is -0.0909. The van der Waals surface area contributed by atoms with Gasteiger partial charge in [-0.2, -0.15) is 0 Å². The van der Waals surface area contributed by atoms with Crippen molar-refractivity contribution in [1.29, 1.82) is 0 Å². The molecular weight excluding hydrogens is 243 g/mol. The minimum absolute atomic E-state index is 0.0902. The molecule has 0 aliphatic rings. The molecule has 0 heterocycles. The quantitative estimate of drug-likeness (QED) is 0.832. The highest BCUT2D eigenvalue weighted by Crippen LogP contribution is 2.26. The van der Waals surface area contributed by atoms with Crippen LogP contribution >= 0.6 is 0 Å². The smallest absolute Gasteiger partial charge is 0.169 e. The van der Waals surface area contributed by atoms with Crippen molar-refractivity contribution in [3.8, 4) is 16.9 Å². The number of Topliss-reactive ketones (excluding diaryl/α,β-unsaturated/α-hetero) is 1. The minimum Gasteiger partial charge on any atom is -0.483 e. The SMILES string of the molecule is CC(=O)C(C)Oc1ccc(-c2ccccc2)c(F)c1. The van der Waals surface area contributed by atoms with Gasteiger partial charge < -0.3 is 4.74 Å². The summed E-state index contributed by atoms with van der Waals surface area (Å²) < 4.78 is 19.4. The average Bonchev–Trinajstić information content (AvgIpc) is 2.39. The second-order valence-electron chi connectivity index (χ2n) is 4.38. The maximum Gasteiger partial charge on any atom is 0.169 e. The van der Waals surface area contributed by atoms with E-state index in [1.807, 2.05) is 30.3 Å². The van der Waals surface area contributed by atoms with Crippen LogP contribution in [-0.4, -0.2) is 11.9 Å².